The number of benzene rings is 7. The lowest BCUT2D eigenvalue weighted by atomic mass is 9.92. The summed E-state index contributed by atoms with van der Waals surface area (Å²) >= 11 is 0. The second kappa shape index (κ2) is 9.08. The van der Waals surface area contributed by atoms with Crippen molar-refractivity contribution in [1.82, 2.24) is 0 Å². The van der Waals surface area contributed by atoms with Gasteiger partial charge in [-0.3, -0.25) is 0 Å². The molecule has 0 fully saturated rings. The predicted octanol–water partition coefficient (Wildman–Crippen LogP) is 9.76. The first-order valence-electron chi connectivity index (χ1n) is 13.8. The minimum absolute atomic E-state index is 0.278. The van der Waals surface area contributed by atoms with Crippen LogP contribution in [0.25, 0.3) is 32.3 Å². The summed E-state index contributed by atoms with van der Waals surface area (Å²) in [5.74, 6) is -0.278. The minimum Gasteiger partial charge on any atom is -0.340 e. The molecular weight excluding hydrogens is 505 g/mol. The van der Waals surface area contributed by atoms with Crippen LogP contribution < -0.4 is 9.80 Å². The highest BCUT2D eigenvalue weighted by atomic mass is 19.1. The van der Waals surface area contributed by atoms with E-state index in [1.54, 1.807) is 12.1 Å². The van der Waals surface area contributed by atoms with Gasteiger partial charge in [-0.15, -0.1) is 0 Å². The van der Waals surface area contributed by atoms with Crippen LogP contribution in [0.2, 0.25) is 0 Å². The second-order valence-electron chi connectivity index (χ2n) is 10.6. The zero-order valence-electron chi connectivity index (χ0n) is 22.2. The van der Waals surface area contributed by atoms with Gasteiger partial charge in [-0.2, -0.15) is 5.26 Å². The van der Waals surface area contributed by atoms with Gasteiger partial charge in [0, 0.05) is 40.1 Å². The summed E-state index contributed by atoms with van der Waals surface area (Å²) in [6.45, 7) is 0.964. The molecule has 194 valence electrons. The number of para-hydroxylation sites is 1. The lowest BCUT2D eigenvalue weighted by molar-refractivity contribution is 0.628. The van der Waals surface area contributed by atoms with Crippen molar-refractivity contribution in [3.63, 3.8) is 0 Å². The highest BCUT2D eigenvalue weighted by Gasteiger charge is 2.24. The van der Waals surface area contributed by atoms with E-state index < -0.39 is 0 Å². The molecule has 0 spiro atoms. The lowest BCUT2D eigenvalue weighted by Gasteiger charge is -2.28. The lowest BCUT2D eigenvalue weighted by Crippen LogP contribution is -2.13. The quantitative estimate of drug-likeness (QED) is 0.213. The van der Waals surface area contributed by atoms with Crippen LogP contribution in [-0.4, -0.2) is 6.54 Å². The van der Waals surface area contributed by atoms with Crippen molar-refractivity contribution < 1.29 is 4.39 Å². The molecule has 0 saturated heterocycles. The van der Waals surface area contributed by atoms with Crippen LogP contribution in [0.3, 0.4) is 0 Å². The molecule has 0 atom stereocenters. The molecule has 0 N–H and O–H groups in total. The number of nitriles is 1. The second-order valence-corrected chi connectivity index (χ2v) is 10.6. The van der Waals surface area contributed by atoms with Crippen LogP contribution in [-0.2, 0) is 6.42 Å². The molecule has 0 unspecified atom stereocenters. The number of fused-ring (bicyclic) bond motifs is 1. The van der Waals surface area contributed by atoms with Crippen molar-refractivity contribution in [3.8, 4) is 6.07 Å². The predicted molar refractivity (Wildman–Crippen MR) is 167 cm³/mol. The molecule has 0 radical (unpaired) electrons. The van der Waals surface area contributed by atoms with E-state index in [1.165, 1.54) is 56.0 Å². The molecule has 0 aliphatic carbocycles. The summed E-state index contributed by atoms with van der Waals surface area (Å²) in [6, 6.07) is 42.7. The van der Waals surface area contributed by atoms with Crippen LogP contribution in [0.4, 0.5) is 32.8 Å². The molecule has 7 aromatic rings. The monoisotopic (exact) mass is 529 g/mol. The van der Waals surface area contributed by atoms with Gasteiger partial charge in [-0.25, -0.2) is 4.39 Å². The maximum atomic E-state index is 14.0. The Kier molecular flexibility index (Phi) is 5.20. The van der Waals surface area contributed by atoms with Gasteiger partial charge in [-0.1, -0.05) is 54.6 Å². The van der Waals surface area contributed by atoms with E-state index in [2.05, 4.69) is 88.7 Å². The first kappa shape index (κ1) is 23.5. The van der Waals surface area contributed by atoms with Crippen molar-refractivity contribution in [2.24, 2.45) is 0 Å². The fraction of sp³-hybridized carbons (Fsp3) is 0.0541. The Balaban J connectivity index is 1.38. The normalized spacial score (nSPS) is 12.7. The van der Waals surface area contributed by atoms with Gasteiger partial charge in [0.1, 0.15) is 5.82 Å². The molecule has 0 amide bonds. The van der Waals surface area contributed by atoms with Gasteiger partial charge in [0.05, 0.1) is 17.3 Å². The van der Waals surface area contributed by atoms with E-state index in [0.29, 0.717) is 5.56 Å². The molecule has 3 nitrogen and oxygen atoms in total. The molecule has 8 rings (SSSR count). The Bertz CT molecular complexity index is 2120. The average molecular weight is 530 g/mol. The van der Waals surface area contributed by atoms with Crippen molar-refractivity contribution >= 4 is 60.8 Å². The molecule has 0 aromatic heterocycles. The van der Waals surface area contributed by atoms with Crippen LogP contribution in [0.1, 0.15) is 11.1 Å². The summed E-state index contributed by atoms with van der Waals surface area (Å²) in [5.41, 5.74) is 7.24. The molecule has 41 heavy (non-hydrogen) atoms. The van der Waals surface area contributed by atoms with Crippen LogP contribution in [0, 0.1) is 17.1 Å². The van der Waals surface area contributed by atoms with Crippen molar-refractivity contribution in [2.45, 2.75) is 6.42 Å². The van der Waals surface area contributed by atoms with Crippen LogP contribution >= 0.6 is 0 Å². The number of nitrogens with zero attached hydrogens (tertiary/aromatic N) is 3. The summed E-state index contributed by atoms with van der Waals surface area (Å²) in [6.07, 6.45) is 1.04. The third-order valence-corrected chi connectivity index (χ3v) is 8.38. The highest BCUT2D eigenvalue weighted by Crippen LogP contribution is 2.46. The zero-order valence-corrected chi connectivity index (χ0v) is 22.2. The van der Waals surface area contributed by atoms with E-state index in [0.717, 1.165) is 35.4 Å². The van der Waals surface area contributed by atoms with Gasteiger partial charge in [0.25, 0.3) is 0 Å². The van der Waals surface area contributed by atoms with E-state index in [1.807, 2.05) is 24.3 Å². The fourth-order valence-electron chi connectivity index (χ4n) is 6.49. The van der Waals surface area contributed by atoms with Gasteiger partial charge >= 0.3 is 0 Å². The molecule has 1 aliphatic heterocycles. The average Bonchev–Trinajstić information content (AvgIpc) is 3.45. The fourth-order valence-corrected chi connectivity index (χ4v) is 6.49. The zero-order chi connectivity index (χ0) is 27.5. The summed E-state index contributed by atoms with van der Waals surface area (Å²) in [4.78, 5) is 4.59. The highest BCUT2D eigenvalue weighted by molar-refractivity contribution is 6.28. The largest absolute Gasteiger partial charge is 0.340 e. The number of anilines is 5. The maximum absolute atomic E-state index is 14.0. The maximum Gasteiger partial charge on any atom is 0.123 e. The van der Waals surface area contributed by atoms with Gasteiger partial charge in [0.2, 0.25) is 0 Å². The Hall–Kier alpha value is -5.40. The Morgan fingerprint density at radius 2 is 1.27 bits per heavy atom. The summed E-state index contributed by atoms with van der Waals surface area (Å²) in [5, 5.41) is 16.6. The molecule has 1 heterocycles. The third kappa shape index (κ3) is 3.63. The molecule has 4 heteroatoms. The molecule has 0 bridgehead atoms. The first-order valence-corrected chi connectivity index (χ1v) is 13.8. The SMILES string of the molecule is N#Cc1ccc(N(c2ccc(F)cc2)c2ccc3ccc4c(N5CCc6ccccc65)ccc5ccc2c3c54)cc1. The van der Waals surface area contributed by atoms with E-state index >= 15 is 0 Å². The van der Waals surface area contributed by atoms with E-state index in [9.17, 15) is 9.65 Å². The number of rotatable bonds is 4. The molecular formula is C37H24FN3. The third-order valence-electron chi connectivity index (χ3n) is 8.38. The number of hydrogen-bond donors (Lipinski definition) is 0. The molecule has 0 saturated carbocycles. The van der Waals surface area contributed by atoms with Crippen molar-refractivity contribution in [1.29, 1.82) is 5.26 Å². The van der Waals surface area contributed by atoms with Gasteiger partial charge < -0.3 is 9.80 Å². The number of hydrogen-bond acceptors (Lipinski definition) is 3. The van der Waals surface area contributed by atoms with E-state index in [-0.39, 0.29) is 5.82 Å². The van der Waals surface area contributed by atoms with Gasteiger partial charge in [0.15, 0.2) is 0 Å². The Labute approximate surface area is 237 Å². The minimum atomic E-state index is -0.278. The summed E-state index contributed by atoms with van der Waals surface area (Å²) in [7, 11) is 0. The van der Waals surface area contributed by atoms with Crippen molar-refractivity contribution in [2.75, 3.05) is 16.3 Å². The smallest absolute Gasteiger partial charge is 0.123 e. The standard InChI is InChI=1S/C37H24FN3/c38-28-11-15-30(16-12-28)41(29-13-5-24(23-39)6-14-29)35-20-10-27-7-17-31-34(40-22-21-25-3-1-2-4-33(25)40)19-9-26-8-18-32(35)37(27)36(26)31/h1-20H,21-22H2. The molecule has 7 aromatic carbocycles. The van der Waals surface area contributed by atoms with Crippen LogP contribution in [0.15, 0.2) is 121 Å². The Morgan fingerprint density at radius 3 is 2.02 bits per heavy atom. The van der Waals surface area contributed by atoms with Gasteiger partial charge in [-0.05, 0) is 100 Å². The Morgan fingerprint density at radius 1 is 0.634 bits per heavy atom. The number of halogens is 1. The first-order chi connectivity index (χ1) is 20.2. The topological polar surface area (TPSA) is 30.3 Å². The van der Waals surface area contributed by atoms with E-state index in [4.69, 9.17) is 0 Å². The van der Waals surface area contributed by atoms with Crippen molar-refractivity contribution in [3.05, 3.63) is 138 Å². The van der Waals surface area contributed by atoms with Crippen LogP contribution in [0.5, 0.6) is 0 Å². The molecule has 1 aliphatic rings. The summed E-state index contributed by atoms with van der Waals surface area (Å²) < 4.78 is 14.0.